The fourth-order valence-electron chi connectivity index (χ4n) is 2.87. The third kappa shape index (κ3) is 4.21. The number of rotatable bonds is 6. The SMILES string of the molecule is CCCCC[C@@H](c1ccc(O)c(Br)c1)N1CCNCC1. The van der Waals surface area contributed by atoms with E-state index in [0.717, 1.165) is 30.7 Å². The van der Waals surface area contributed by atoms with E-state index in [-0.39, 0.29) is 0 Å². The van der Waals surface area contributed by atoms with Crippen LogP contribution < -0.4 is 5.32 Å². The molecular weight excluding hydrogens is 316 g/mol. The summed E-state index contributed by atoms with van der Waals surface area (Å²) < 4.78 is 0.797. The third-order valence-electron chi connectivity index (χ3n) is 4.03. The minimum absolute atomic E-state index is 0.321. The van der Waals surface area contributed by atoms with Crippen LogP contribution in [-0.4, -0.2) is 36.2 Å². The zero-order valence-corrected chi connectivity index (χ0v) is 13.8. The fourth-order valence-corrected chi connectivity index (χ4v) is 3.27. The number of benzene rings is 1. The average molecular weight is 341 g/mol. The van der Waals surface area contributed by atoms with Crippen molar-refractivity contribution in [1.29, 1.82) is 0 Å². The number of hydrogen-bond acceptors (Lipinski definition) is 3. The van der Waals surface area contributed by atoms with Gasteiger partial charge in [-0.05, 0) is 40.0 Å². The molecule has 0 saturated carbocycles. The van der Waals surface area contributed by atoms with Crippen LogP contribution in [-0.2, 0) is 0 Å². The Balaban J connectivity index is 2.12. The van der Waals surface area contributed by atoms with Gasteiger partial charge in [0.15, 0.2) is 0 Å². The quantitative estimate of drug-likeness (QED) is 0.775. The van der Waals surface area contributed by atoms with E-state index in [4.69, 9.17) is 0 Å². The summed E-state index contributed by atoms with van der Waals surface area (Å²) in [5, 5.41) is 13.1. The van der Waals surface area contributed by atoms with E-state index in [1.54, 1.807) is 6.07 Å². The molecule has 0 bridgehead atoms. The molecule has 3 nitrogen and oxygen atoms in total. The van der Waals surface area contributed by atoms with Gasteiger partial charge in [-0.2, -0.15) is 0 Å². The van der Waals surface area contributed by atoms with Gasteiger partial charge in [-0.15, -0.1) is 0 Å². The molecule has 1 aromatic rings. The van der Waals surface area contributed by atoms with Gasteiger partial charge in [0.05, 0.1) is 4.47 Å². The van der Waals surface area contributed by atoms with E-state index in [1.807, 2.05) is 0 Å². The Hall–Kier alpha value is -0.580. The number of unbranched alkanes of at least 4 members (excludes halogenated alkanes) is 2. The summed E-state index contributed by atoms with van der Waals surface area (Å²) in [5.74, 6) is 0.321. The van der Waals surface area contributed by atoms with Crippen LogP contribution in [0.5, 0.6) is 5.75 Å². The highest BCUT2D eigenvalue weighted by Gasteiger charge is 2.22. The second-order valence-electron chi connectivity index (χ2n) is 5.51. The van der Waals surface area contributed by atoms with Gasteiger partial charge in [0, 0.05) is 32.2 Å². The summed E-state index contributed by atoms with van der Waals surface area (Å²) in [7, 11) is 0. The summed E-state index contributed by atoms with van der Waals surface area (Å²) in [6.07, 6.45) is 5.02. The molecule has 112 valence electrons. The first-order chi connectivity index (χ1) is 9.72. The van der Waals surface area contributed by atoms with Gasteiger partial charge in [-0.1, -0.05) is 32.3 Å². The van der Waals surface area contributed by atoms with Crippen LogP contribution in [0.25, 0.3) is 0 Å². The van der Waals surface area contributed by atoms with Crippen LogP contribution >= 0.6 is 15.9 Å². The van der Waals surface area contributed by atoms with E-state index in [0.29, 0.717) is 11.8 Å². The number of halogens is 1. The molecule has 1 saturated heterocycles. The molecule has 0 unspecified atom stereocenters. The van der Waals surface area contributed by atoms with Crippen molar-refractivity contribution >= 4 is 15.9 Å². The summed E-state index contributed by atoms with van der Waals surface area (Å²) in [4.78, 5) is 2.57. The molecule has 2 rings (SSSR count). The molecule has 1 atom stereocenters. The molecule has 1 heterocycles. The second kappa shape index (κ2) is 8.01. The molecule has 20 heavy (non-hydrogen) atoms. The second-order valence-corrected chi connectivity index (χ2v) is 6.36. The predicted octanol–water partition coefficient (Wildman–Crippen LogP) is 3.68. The lowest BCUT2D eigenvalue weighted by molar-refractivity contribution is 0.162. The molecule has 1 aliphatic heterocycles. The van der Waals surface area contributed by atoms with E-state index in [2.05, 4.69) is 45.2 Å². The van der Waals surface area contributed by atoms with Crippen LogP contribution in [0.3, 0.4) is 0 Å². The monoisotopic (exact) mass is 340 g/mol. The van der Waals surface area contributed by atoms with Crippen LogP contribution in [0.1, 0.15) is 44.2 Å². The fraction of sp³-hybridized carbons (Fsp3) is 0.625. The number of phenolic OH excluding ortho intramolecular Hbond substituents is 1. The molecule has 0 aromatic heterocycles. The van der Waals surface area contributed by atoms with Crippen LogP contribution in [0.4, 0.5) is 0 Å². The smallest absolute Gasteiger partial charge is 0.129 e. The first-order valence-corrected chi connectivity index (χ1v) is 8.45. The van der Waals surface area contributed by atoms with Gasteiger partial charge in [-0.3, -0.25) is 4.90 Å². The molecule has 4 heteroatoms. The van der Waals surface area contributed by atoms with E-state index >= 15 is 0 Å². The van der Waals surface area contributed by atoms with Gasteiger partial charge in [0.2, 0.25) is 0 Å². The summed E-state index contributed by atoms with van der Waals surface area (Å²) in [6.45, 7) is 6.61. The van der Waals surface area contributed by atoms with Crippen molar-refractivity contribution in [1.82, 2.24) is 10.2 Å². The maximum atomic E-state index is 9.68. The minimum Gasteiger partial charge on any atom is -0.507 e. The minimum atomic E-state index is 0.321. The van der Waals surface area contributed by atoms with Crippen molar-refractivity contribution in [3.05, 3.63) is 28.2 Å². The average Bonchev–Trinajstić information content (AvgIpc) is 2.48. The zero-order chi connectivity index (χ0) is 14.4. The van der Waals surface area contributed by atoms with Gasteiger partial charge < -0.3 is 10.4 Å². The highest BCUT2D eigenvalue weighted by Crippen LogP contribution is 2.32. The number of aromatic hydroxyl groups is 1. The normalized spacial score (nSPS) is 18.1. The Morgan fingerprint density at radius 3 is 2.70 bits per heavy atom. The van der Waals surface area contributed by atoms with Crippen LogP contribution in [0.2, 0.25) is 0 Å². The van der Waals surface area contributed by atoms with Crippen molar-refractivity contribution in [2.45, 2.75) is 38.6 Å². The Kier molecular flexibility index (Phi) is 6.33. The number of phenols is 1. The number of nitrogens with zero attached hydrogens (tertiary/aromatic N) is 1. The van der Waals surface area contributed by atoms with E-state index in [1.165, 1.54) is 31.2 Å². The number of piperazine rings is 1. The van der Waals surface area contributed by atoms with Gasteiger partial charge in [0.25, 0.3) is 0 Å². The summed E-state index contributed by atoms with van der Waals surface area (Å²) in [5.41, 5.74) is 1.31. The molecular formula is C16H25BrN2O. The Morgan fingerprint density at radius 2 is 2.05 bits per heavy atom. The lowest BCUT2D eigenvalue weighted by Crippen LogP contribution is -2.45. The molecule has 0 amide bonds. The highest BCUT2D eigenvalue weighted by atomic mass is 79.9. The first kappa shape index (κ1) is 15.8. The standard InChI is InChI=1S/C16H25BrN2O/c1-2-3-4-5-15(19-10-8-18-9-11-19)13-6-7-16(20)14(17)12-13/h6-7,12,15,18,20H,2-5,8-11H2,1H3/t15-/m0/s1. The van der Waals surface area contributed by atoms with Crippen molar-refractivity contribution in [2.75, 3.05) is 26.2 Å². The van der Waals surface area contributed by atoms with Gasteiger partial charge >= 0.3 is 0 Å². The van der Waals surface area contributed by atoms with Crippen molar-refractivity contribution in [3.63, 3.8) is 0 Å². The van der Waals surface area contributed by atoms with Crippen molar-refractivity contribution in [3.8, 4) is 5.75 Å². The maximum Gasteiger partial charge on any atom is 0.129 e. The van der Waals surface area contributed by atoms with Crippen LogP contribution in [0, 0.1) is 0 Å². The molecule has 1 aromatic carbocycles. The van der Waals surface area contributed by atoms with Crippen molar-refractivity contribution < 1.29 is 5.11 Å². The van der Waals surface area contributed by atoms with Gasteiger partial charge in [0.1, 0.15) is 5.75 Å². The van der Waals surface area contributed by atoms with Gasteiger partial charge in [-0.25, -0.2) is 0 Å². The molecule has 0 radical (unpaired) electrons. The molecule has 1 fully saturated rings. The molecule has 0 spiro atoms. The highest BCUT2D eigenvalue weighted by molar-refractivity contribution is 9.10. The first-order valence-electron chi connectivity index (χ1n) is 7.65. The lowest BCUT2D eigenvalue weighted by atomic mass is 9.98. The largest absolute Gasteiger partial charge is 0.507 e. The maximum absolute atomic E-state index is 9.68. The third-order valence-corrected chi connectivity index (χ3v) is 4.67. The Bertz CT molecular complexity index is 419. The predicted molar refractivity (Wildman–Crippen MR) is 87.1 cm³/mol. The Morgan fingerprint density at radius 1 is 1.30 bits per heavy atom. The molecule has 2 N–H and O–H groups in total. The zero-order valence-electron chi connectivity index (χ0n) is 12.2. The van der Waals surface area contributed by atoms with E-state index < -0.39 is 0 Å². The lowest BCUT2D eigenvalue weighted by Gasteiger charge is -2.35. The number of hydrogen-bond donors (Lipinski definition) is 2. The Labute approximate surface area is 130 Å². The topological polar surface area (TPSA) is 35.5 Å². The van der Waals surface area contributed by atoms with Crippen LogP contribution in [0.15, 0.2) is 22.7 Å². The summed E-state index contributed by atoms with van der Waals surface area (Å²) in [6, 6.07) is 6.42. The molecule has 1 aliphatic rings. The number of nitrogens with one attached hydrogen (secondary N) is 1. The summed E-state index contributed by atoms with van der Waals surface area (Å²) >= 11 is 3.44. The van der Waals surface area contributed by atoms with E-state index in [9.17, 15) is 5.11 Å². The molecule has 0 aliphatic carbocycles. The van der Waals surface area contributed by atoms with Crippen molar-refractivity contribution in [2.24, 2.45) is 0 Å².